The van der Waals surface area contributed by atoms with E-state index in [2.05, 4.69) is 21.4 Å². The SMILES string of the molecule is COc1ccccc1N1CCCC(NC(=O)c2cn(C)nc2-c2ccccc2Cl)C1. The molecule has 0 spiro atoms. The number of aryl methyl sites for hydroxylation is 1. The van der Waals surface area contributed by atoms with Gasteiger partial charge in [0.25, 0.3) is 5.91 Å². The van der Waals surface area contributed by atoms with E-state index >= 15 is 0 Å². The van der Waals surface area contributed by atoms with Crippen LogP contribution in [0, 0.1) is 0 Å². The van der Waals surface area contributed by atoms with Crippen molar-refractivity contribution in [1.82, 2.24) is 15.1 Å². The summed E-state index contributed by atoms with van der Waals surface area (Å²) in [7, 11) is 3.49. The summed E-state index contributed by atoms with van der Waals surface area (Å²) in [5.74, 6) is 0.711. The first kappa shape index (κ1) is 20.3. The molecule has 1 atom stereocenters. The lowest BCUT2D eigenvalue weighted by Crippen LogP contribution is -2.48. The minimum absolute atomic E-state index is 0.0375. The van der Waals surface area contributed by atoms with E-state index in [1.165, 1.54) is 0 Å². The second kappa shape index (κ2) is 8.79. The van der Waals surface area contributed by atoms with Gasteiger partial charge in [0.2, 0.25) is 0 Å². The van der Waals surface area contributed by atoms with Crippen molar-refractivity contribution in [1.29, 1.82) is 0 Å². The maximum absolute atomic E-state index is 13.1. The molecule has 6 nitrogen and oxygen atoms in total. The molecule has 1 unspecified atom stereocenters. The van der Waals surface area contributed by atoms with Crippen LogP contribution in [0.15, 0.2) is 54.7 Å². The molecule has 0 saturated carbocycles. The van der Waals surface area contributed by atoms with Crippen LogP contribution in [0.2, 0.25) is 5.02 Å². The molecule has 30 heavy (non-hydrogen) atoms. The Hall–Kier alpha value is -2.99. The molecule has 3 aromatic rings. The Labute approximate surface area is 181 Å². The number of benzene rings is 2. The van der Waals surface area contributed by atoms with Gasteiger partial charge in [-0.15, -0.1) is 0 Å². The summed E-state index contributed by atoms with van der Waals surface area (Å²) in [6.45, 7) is 1.66. The summed E-state index contributed by atoms with van der Waals surface area (Å²) >= 11 is 6.35. The quantitative estimate of drug-likeness (QED) is 0.668. The van der Waals surface area contributed by atoms with E-state index in [0.29, 0.717) is 16.3 Å². The maximum Gasteiger partial charge on any atom is 0.255 e. The summed E-state index contributed by atoms with van der Waals surface area (Å²) in [5, 5.41) is 8.26. The van der Waals surface area contributed by atoms with E-state index in [9.17, 15) is 4.79 Å². The molecule has 1 fully saturated rings. The predicted octanol–water partition coefficient (Wildman–Crippen LogP) is 4.15. The van der Waals surface area contributed by atoms with E-state index in [0.717, 1.165) is 42.9 Å². The van der Waals surface area contributed by atoms with E-state index < -0.39 is 0 Å². The van der Waals surface area contributed by atoms with Gasteiger partial charge in [-0.1, -0.05) is 41.9 Å². The number of hydrogen-bond donors (Lipinski definition) is 1. The molecule has 2 heterocycles. The number of carbonyl (C=O) groups excluding carboxylic acids is 1. The van der Waals surface area contributed by atoms with E-state index in [-0.39, 0.29) is 11.9 Å². The summed E-state index contributed by atoms with van der Waals surface area (Å²) in [4.78, 5) is 15.4. The van der Waals surface area contributed by atoms with Crippen LogP contribution in [0.25, 0.3) is 11.3 Å². The molecule has 4 rings (SSSR count). The number of hydrogen-bond acceptors (Lipinski definition) is 4. The monoisotopic (exact) mass is 424 g/mol. The summed E-state index contributed by atoms with van der Waals surface area (Å²) in [6, 6.07) is 15.5. The highest BCUT2D eigenvalue weighted by Gasteiger charge is 2.26. The zero-order chi connectivity index (χ0) is 21.1. The molecule has 7 heteroatoms. The van der Waals surface area contributed by atoms with E-state index in [1.807, 2.05) is 36.4 Å². The Balaban J connectivity index is 1.53. The number of para-hydroxylation sites is 2. The number of aromatic nitrogens is 2. The smallest absolute Gasteiger partial charge is 0.255 e. The predicted molar refractivity (Wildman–Crippen MR) is 119 cm³/mol. The number of carbonyl (C=O) groups is 1. The maximum atomic E-state index is 13.1. The molecule has 1 N–H and O–H groups in total. The number of piperidine rings is 1. The molecule has 2 aromatic carbocycles. The highest BCUT2D eigenvalue weighted by Crippen LogP contribution is 2.31. The van der Waals surface area contributed by atoms with Crippen LogP contribution in [-0.2, 0) is 7.05 Å². The zero-order valence-corrected chi connectivity index (χ0v) is 17.9. The van der Waals surface area contributed by atoms with Crippen molar-refractivity contribution in [2.75, 3.05) is 25.1 Å². The molecule has 0 aliphatic carbocycles. The average molecular weight is 425 g/mol. The Morgan fingerprint density at radius 2 is 1.97 bits per heavy atom. The third kappa shape index (κ3) is 4.14. The molecular formula is C23H25ClN4O2. The van der Waals surface area contributed by atoms with Crippen molar-refractivity contribution >= 4 is 23.2 Å². The van der Waals surface area contributed by atoms with Gasteiger partial charge in [-0.3, -0.25) is 9.48 Å². The van der Waals surface area contributed by atoms with Crippen molar-refractivity contribution in [3.05, 3.63) is 65.3 Å². The minimum atomic E-state index is -0.134. The number of methoxy groups -OCH3 is 1. The summed E-state index contributed by atoms with van der Waals surface area (Å²) in [6.07, 6.45) is 3.67. The van der Waals surface area contributed by atoms with Crippen LogP contribution in [0.3, 0.4) is 0 Å². The third-order valence-electron chi connectivity index (χ3n) is 5.38. The lowest BCUT2D eigenvalue weighted by atomic mass is 10.0. The van der Waals surface area contributed by atoms with Crippen LogP contribution < -0.4 is 15.0 Å². The van der Waals surface area contributed by atoms with Crippen molar-refractivity contribution in [3.8, 4) is 17.0 Å². The van der Waals surface area contributed by atoms with Gasteiger partial charge in [-0.2, -0.15) is 5.10 Å². The minimum Gasteiger partial charge on any atom is -0.495 e. The fourth-order valence-electron chi connectivity index (χ4n) is 3.97. The highest BCUT2D eigenvalue weighted by molar-refractivity contribution is 6.33. The van der Waals surface area contributed by atoms with Crippen molar-refractivity contribution in [2.24, 2.45) is 7.05 Å². The third-order valence-corrected chi connectivity index (χ3v) is 5.71. The number of rotatable bonds is 5. The van der Waals surface area contributed by atoms with Gasteiger partial charge in [0.1, 0.15) is 11.4 Å². The standard InChI is InChI=1S/C23H25ClN4O2/c1-27-15-18(22(26-27)17-9-3-4-10-19(17)24)23(29)25-16-8-7-13-28(14-16)20-11-5-6-12-21(20)30-2/h3-6,9-12,15-16H,7-8,13-14H2,1-2H3,(H,25,29). The molecule has 0 bridgehead atoms. The highest BCUT2D eigenvalue weighted by atomic mass is 35.5. The van der Waals surface area contributed by atoms with Gasteiger partial charge in [-0.25, -0.2) is 0 Å². The molecule has 156 valence electrons. The Morgan fingerprint density at radius 3 is 2.77 bits per heavy atom. The first-order valence-corrected chi connectivity index (χ1v) is 10.4. The van der Waals surface area contributed by atoms with Crippen LogP contribution in [0.5, 0.6) is 5.75 Å². The first-order chi connectivity index (χ1) is 14.6. The fraction of sp³-hybridized carbons (Fsp3) is 0.304. The number of amides is 1. The second-order valence-corrected chi connectivity index (χ2v) is 7.88. The second-order valence-electron chi connectivity index (χ2n) is 7.48. The molecular weight excluding hydrogens is 400 g/mol. The van der Waals surface area contributed by atoms with E-state index in [1.54, 1.807) is 31.1 Å². The topological polar surface area (TPSA) is 59.4 Å². The van der Waals surface area contributed by atoms with Crippen LogP contribution in [0.4, 0.5) is 5.69 Å². The molecule has 0 radical (unpaired) electrons. The molecule has 1 aliphatic rings. The van der Waals surface area contributed by atoms with E-state index in [4.69, 9.17) is 16.3 Å². The van der Waals surface area contributed by atoms with Gasteiger partial charge in [0, 0.05) is 37.9 Å². The molecule has 1 amide bonds. The van der Waals surface area contributed by atoms with Crippen molar-refractivity contribution in [3.63, 3.8) is 0 Å². The molecule has 1 aromatic heterocycles. The Bertz CT molecular complexity index is 1050. The lowest BCUT2D eigenvalue weighted by molar-refractivity contribution is 0.0933. The number of halogens is 1. The van der Waals surface area contributed by atoms with Gasteiger partial charge in [0.15, 0.2) is 0 Å². The zero-order valence-electron chi connectivity index (χ0n) is 17.1. The number of anilines is 1. The number of nitrogens with zero attached hydrogens (tertiary/aromatic N) is 3. The normalized spacial score (nSPS) is 16.4. The first-order valence-electron chi connectivity index (χ1n) is 10.0. The Morgan fingerprint density at radius 1 is 1.20 bits per heavy atom. The van der Waals surface area contributed by atoms with Gasteiger partial charge in [0.05, 0.1) is 23.4 Å². The van der Waals surface area contributed by atoms with Crippen LogP contribution in [0.1, 0.15) is 23.2 Å². The molecule has 1 saturated heterocycles. The molecule has 1 aliphatic heterocycles. The fourth-order valence-corrected chi connectivity index (χ4v) is 4.20. The lowest BCUT2D eigenvalue weighted by Gasteiger charge is -2.35. The van der Waals surface area contributed by atoms with Crippen LogP contribution in [-0.4, -0.2) is 41.9 Å². The van der Waals surface area contributed by atoms with Crippen molar-refractivity contribution in [2.45, 2.75) is 18.9 Å². The number of ether oxygens (including phenoxy) is 1. The summed E-state index contributed by atoms with van der Waals surface area (Å²) in [5.41, 5.74) is 2.93. The van der Waals surface area contributed by atoms with Gasteiger partial charge >= 0.3 is 0 Å². The average Bonchev–Trinajstić information content (AvgIpc) is 3.16. The van der Waals surface area contributed by atoms with Gasteiger partial charge in [-0.05, 0) is 31.0 Å². The largest absolute Gasteiger partial charge is 0.495 e. The van der Waals surface area contributed by atoms with Crippen molar-refractivity contribution < 1.29 is 9.53 Å². The Kier molecular flexibility index (Phi) is 5.95. The van der Waals surface area contributed by atoms with Gasteiger partial charge < -0.3 is 15.0 Å². The van der Waals surface area contributed by atoms with Crippen LogP contribution >= 0.6 is 11.6 Å². The number of nitrogens with one attached hydrogen (secondary N) is 1. The summed E-state index contributed by atoms with van der Waals surface area (Å²) < 4.78 is 7.16.